The lowest BCUT2D eigenvalue weighted by molar-refractivity contribution is -0.158. The molecule has 140 valence electrons. The molecule has 1 aromatic carbocycles. The predicted octanol–water partition coefficient (Wildman–Crippen LogP) is 1.97. The highest BCUT2D eigenvalue weighted by molar-refractivity contribution is 6.02. The van der Waals surface area contributed by atoms with E-state index in [1.807, 2.05) is 17.1 Å². The van der Waals surface area contributed by atoms with Crippen molar-refractivity contribution in [1.82, 2.24) is 5.01 Å². The molecule has 3 atom stereocenters. The SMILES string of the molecule is CCOC(=O)[C@@H]1C(=O)Oc2ccccc2[C@H]1/C=N/N1CCC[C@H]1COC. The van der Waals surface area contributed by atoms with Crippen molar-refractivity contribution in [3.05, 3.63) is 29.8 Å². The molecule has 3 rings (SSSR count). The Morgan fingerprint density at radius 3 is 3.00 bits per heavy atom. The lowest BCUT2D eigenvalue weighted by Crippen LogP contribution is -2.39. The monoisotopic (exact) mass is 360 g/mol. The van der Waals surface area contributed by atoms with Gasteiger partial charge in [0.25, 0.3) is 0 Å². The zero-order valence-corrected chi connectivity index (χ0v) is 15.1. The van der Waals surface area contributed by atoms with E-state index in [2.05, 4.69) is 5.10 Å². The Bertz CT molecular complexity index is 690. The van der Waals surface area contributed by atoms with Crippen LogP contribution in [0.2, 0.25) is 0 Å². The zero-order chi connectivity index (χ0) is 18.5. The van der Waals surface area contributed by atoms with Crippen molar-refractivity contribution in [3.8, 4) is 5.75 Å². The number of benzene rings is 1. The molecule has 0 radical (unpaired) electrons. The average Bonchev–Trinajstić information content (AvgIpc) is 3.07. The zero-order valence-electron chi connectivity index (χ0n) is 15.1. The third kappa shape index (κ3) is 3.72. The minimum Gasteiger partial charge on any atom is -0.465 e. The fourth-order valence-electron chi connectivity index (χ4n) is 3.48. The summed E-state index contributed by atoms with van der Waals surface area (Å²) in [5.41, 5.74) is 0.761. The summed E-state index contributed by atoms with van der Waals surface area (Å²) >= 11 is 0. The number of ether oxygens (including phenoxy) is 3. The van der Waals surface area contributed by atoms with E-state index in [-0.39, 0.29) is 12.6 Å². The van der Waals surface area contributed by atoms with Crippen molar-refractivity contribution in [1.29, 1.82) is 0 Å². The Morgan fingerprint density at radius 2 is 2.23 bits per heavy atom. The van der Waals surface area contributed by atoms with Crippen LogP contribution in [-0.4, -0.2) is 56.1 Å². The van der Waals surface area contributed by atoms with Gasteiger partial charge in [-0.1, -0.05) is 18.2 Å². The van der Waals surface area contributed by atoms with Crippen LogP contribution in [0.25, 0.3) is 0 Å². The Morgan fingerprint density at radius 1 is 1.42 bits per heavy atom. The van der Waals surface area contributed by atoms with E-state index in [0.717, 1.165) is 24.9 Å². The van der Waals surface area contributed by atoms with Gasteiger partial charge in [0.05, 0.1) is 19.3 Å². The fourth-order valence-corrected chi connectivity index (χ4v) is 3.48. The van der Waals surface area contributed by atoms with E-state index in [4.69, 9.17) is 14.2 Å². The standard InChI is InChI=1S/C19H24N2O5/c1-3-25-18(22)17-15(11-20-21-10-6-7-13(21)12-24-2)14-8-4-5-9-16(14)26-19(17)23/h4-5,8-9,11,13,15,17H,3,6-7,10,12H2,1-2H3/b20-11+/t13-,15+,17+/m0/s1. The first-order valence-corrected chi connectivity index (χ1v) is 8.92. The summed E-state index contributed by atoms with van der Waals surface area (Å²) in [6.07, 6.45) is 3.72. The largest absolute Gasteiger partial charge is 0.465 e. The number of hydrogen-bond acceptors (Lipinski definition) is 7. The summed E-state index contributed by atoms with van der Waals surface area (Å²) in [5.74, 6) is -2.29. The first-order valence-electron chi connectivity index (χ1n) is 8.92. The molecular formula is C19H24N2O5. The van der Waals surface area contributed by atoms with Crippen molar-refractivity contribution in [2.45, 2.75) is 31.7 Å². The second-order valence-corrected chi connectivity index (χ2v) is 6.39. The predicted molar refractivity (Wildman–Crippen MR) is 95.0 cm³/mol. The summed E-state index contributed by atoms with van der Waals surface area (Å²) < 4.78 is 15.7. The van der Waals surface area contributed by atoms with E-state index in [1.54, 1.807) is 32.4 Å². The summed E-state index contributed by atoms with van der Waals surface area (Å²) in [7, 11) is 1.67. The van der Waals surface area contributed by atoms with Crippen LogP contribution in [0.15, 0.2) is 29.4 Å². The number of rotatable bonds is 6. The van der Waals surface area contributed by atoms with Crippen molar-refractivity contribution in [2.24, 2.45) is 11.0 Å². The number of nitrogens with zero attached hydrogens (tertiary/aromatic N) is 2. The molecule has 0 bridgehead atoms. The van der Waals surface area contributed by atoms with Crippen LogP contribution in [0.4, 0.5) is 0 Å². The minimum atomic E-state index is -1.04. The molecule has 26 heavy (non-hydrogen) atoms. The first kappa shape index (κ1) is 18.4. The Kier molecular flexibility index (Phi) is 5.88. The molecule has 2 aliphatic heterocycles. The molecule has 7 heteroatoms. The Labute approximate surface area is 152 Å². The van der Waals surface area contributed by atoms with Gasteiger partial charge in [0, 0.05) is 31.4 Å². The van der Waals surface area contributed by atoms with Crippen LogP contribution in [0.5, 0.6) is 5.75 Å². The fraction of sp³-hybridized carbons (Fsp3) is 0.526. The quantitative estimate of drug-likeness (QED) is 0.334. The van der Waals surface area contributed by atoms with Gasteiger partial charge in [0.15, 0.2) is 5.92 Å². The maximum atomic E-state index is 12.4. The normalized spacial score (nSPS) is 25.2. The second-order valence-electron chi connectivity index (χ2n) is 6.39. The molecule has 1 fully saturated rings. The molecule has 0 N–H and O–H groups in total. The number of fused-ring (bicyclic) bond motifs is 1. The van der Waals surface area contributed by atoms with Gasteiger partial charge in [0.2, 0.25) is 0 Å². The molecule has 0 unspecified atom stereocenters. The number of hydrogen-bond donors (Lipinski definition) is 0. The number of esters is 2. The average molecular weight is 360 g/mol. The number of hydrazone groups is 1. The number of methoxy groups -OCH3 is 1. The highest BCUT2D eigenvalue weighted by atomic mass is 16.6. The van der Waals surface area contributed by atoms with Gasteiger partial charge in [-0.25, -0.2) is 0 Å². The molecule has 2 heterocycles. The molecular weight excluding hydrogens is 336 g/mol. The minimum absolute atomic E-state index is 0.205. The summed E-state index contributed by atoms with van der Waals surface area (Å²) in [6.45, 7) is 3.34. The molecule has 0 saturated carbocycles. The maximum Gasteiger partial charge on any atom is 0.326 e. The van der Waals surface area contributed by atoms with Crippen molar-refractivity contribution >= 4 is 18.2 Å². The summed E-state index contributed by atoms with van der Waals surface area (Å²) in [5, 5.41) is 6.55. The van der Waals surface area contributed by atoms with Gasteiger partial charge in [-0.3, -0.25) is 14.6 Å². The van der Waals surface area contributed by atoms with Crippen LogP contribution in [0, 0.1) is 5.92 Å². The van der Waals surface area contributed by atoms with Crippen LogP contribution in [-0.2, 0) is 19.1 Å². The third-order valence-electron chi connectivity index (χ3n) is 4.72. The van der Waals surface area contributed by atoms with Gasteiger partial charge < -0.3 is 14.2 Å². The molecule has 2 aliphatic rings. The molecule has 0 spiro atoms. The van der Waals surface area contributed by atoms with Crippen LogP contribution >= 0.6 is 0 Å². The number of carbonyl (C=O) groups excluding carboxylic acids is 2. The van der Waals surface area contributed by atoms with E-state index in [1.165, 1.54) is 0 Å². The van der Waals surface area contributed by atoms with Crippen molar-refractivity contribution in [3.63, 3.8) is 0 Å². The van der Waals surface area contributed by atoms with Gasteiger partial charge in [-0.2, -0.15) is 5.10 Å². The van der Waals surface area contributed by atoms with E-state index < -0.39 is 23.8 Å². The third-order valence-corrected chi connectivity index (χ3v) is 4.72. The lowest BCUT2D eigenvalue weighted by Gasteiger charge is -2.29. The maximum absolute atomic E-state index is 12.4. The summed E-state index contributed by atoms with van der Waals surface area (Å²) in [6, 6.07) is 7.42. The Balaban J connectivity index is 1.90. The van der Waals surface area contributed by atoms with Crippen molar-refractivity contribution < 1.29 is 23.8 Å². The molecule has 1 aromatic rings. The van der Waals surface area contributed by atoms with Crippen molar-refractivity contribution in [2.75, 3.05) is 26.9 Å². The van der Waals surface area contributed by atoms with Gasteiger partial charge in [0.1, 0.15) is 5.75 Å². The lowest BCUT2D eigenvalue weighted by atomic mass is 9.84. The first-order chi connectivity index (χ1) is 12.7. The second kappa shape index (κ2) is 8.31. The molecule has 0 aliphatic carbocycles. The molecule has 7 nitrogen and oxygen atoms in total. The van der Waals surface area contributed by atoms with E-state index in [0.29, 0.717) is 12.4 Å². The Hall–Kier alpha value is -2.41. The molecule has 0 amide bonds. The van der Waals surface area contributed by atoms with E-state index >= 15 is 0 Å². The van der Waals surface area contributed by atoms with E-state index in [9.17, 15) is 9.59 Å². The van der Waals surface area contributed by atoms with Crippen LogP contribution in [0.1, 0.15) is 31.2 Å². The number of para-hydroxylation sites is 1. The number of carbonyl (C=O) groups is 2. The van der Waals surface area contributed by atoms with Crippen LogP contribution < -0.4 is 4.74 Å². The topological polar surface area (TPSA) is 77.4 Å². The van der Waals surface area contributed by atoms with Gasteiger partial charge in [-0.15, -0.1) is 0 Å². The van der Waals surface area contributed by atoms with Crippen LogP contribution in [0.3, 0.4) is 0 Å². The highest BCUT2D eigenvalue weighted by Crippen LogP contribution is 2.37. The van der Waals surface area contributed by atoms with Gasteiger partial charge >= 0.3 is 11.9 Å². The molecule has 1 saturated heterocycles. The smallest absolute Gasteiger partial charge is 0.326 e. The summed E-state index contributed by atoms with van der Waals surface area (Å²) in [4.78, 5) is 24.8. The van der Waals surface area contributed by atoms with Gasteiger partial charge in [-0.05, 0) is 25.8 Å². The highest BCUT2D eigenvalue weighted by Gasteiger charge is 2.43. The molecule has 0 aromatic heterocycles.